The molecular formula is C17H15ClFN3O3. The summed E-state index contributed by atoms with van der Waals surface area (Å²) in [6, 6.07) is 10.1. The fourth-order valence-corrected chi connectivity index (χ4v) is 2.88. The van der Waals surface area contributed by atoms with Gasteiger partial charge in [0.15, 0.2) is 0 Å². The smallest absolute Gasteiger partial charge is 0.274 e. The van der Waals surface area contributed by atoms with Crippen LogP contribution in [0.2, 0.25) is 5.02 Å². The maximum atomic E-state index is 13.3. The first-order valence-electron chi connectivity index (χ1n) is 7.57. The highest BCUT2D eigenvalue weighted by Gasteiger charge is 2.32. The fraction of sp³-hybridized carbons (Fsp3) is 0.176. The molecule has 0 aromatic heterocycles. The van der Waals surface area contributed by atoms with Crippen molar-refractivity contribution in [2.75, 3.05) is 16.8 Å². The van der Waals surface area contributed by atoms with Crippen LogP contribution in [0.4, 0.5) is 15.8 Å². The standard InChI is InChI=1S/C17H15ClFN3O3/c18-13-9-12(5-6-14(13)19)22-8-7-15(17(22)24)20-11-3-1-10(2-4-11)16(23)21-25/h1-6,9,15,20,25H,7-8H2,(H,21,23). The van der Waals surface area contributed by atoms with E-state index >= 15 is 0 Å². The molecule has 3 N–H and O–H groups in total. The molecule has 2 amide bonds. The zero-order valence-corrected chi connectivity index (χ0v) is 13.8. The van der Waals surface area contributed by atoms with Gasteiger partial charge in [0.05, 0.1) is 5.02 Å². The van der Waals surface area contributed by atoms with Crippen LogP contribution in [0.25, 0.3) is 0 Å². The maximum Gasteiger partial charge on any atom is 0.274 e. The molecule has 0 bridgehead atoms. The summed E-state index contributed by atoms with van der Waals surface area (Å²) in [5.41, 5.74) is 3.08. The van der Waals surface area contributed by atoms with Gasteiger partial charge in [-0.2, -0.15) is 0 Å². The number of carbonyl (C=O) groups is 2. The summed E-state index contributed by atoms with van der Waals surface area (Å²) in [6.07, 6.45) is 0.576. The first-order chi connectivity index (χ1) is 12.0. The highest BCUT2D eigenvalue weighted by Crippen LogP contribution is 2.27. The summed E-state index contributed by atoms with van der Waals surface area (Å²) < 4.78 is 13.3. The SMILES string of the molecule is O=C(NO)c1ccc(NC2CCN(c3ccc(F)c(Cl)c3)C2=O)cc1. The molecule has 8 heteroatoms. The van der Waals surface area contributed by atoms with Crippen molar-refractivity contribution in [3.8, 4) is 0 Å². The molecule has 0 spiro atoms. The average Bonchev–Trinajstić information content (AvgIpc) is 2.98. The van der Waals surface area contributed by atoms with Gasteiger partial charge in [0, 0.05) is 23.5 Å². The molecule has 3 rings (SSSR count). The third-order valence-electron chi connectivity index (χ3n) is 4.01. The zero-order chi connectivity index (χ0) is 18.0. The molecule has 1 saturated heterocycles. The molecule has 130 valence electrons. The summed E-state index contributed by atoms with van der Waals surface area (Å²) >= 11 is 5.78. The molecule has 1 unspecified atom stereocenters. The van der Waals surface area contributed by atoms with Crippen molar-refractivity contribution in [1.29, 1.82) is 0 Å². The van der Waals surface area contributed by atoms with Crippen LogP contribution < -0.4 is 15.7 Å². The number of benzene rings is 2. The van der Waals surface area contributed by atoms with Crippen LogP contribution in [0.1, 0.15) is 16.8 Å². The molecule has 2 aromatic carbocycles. The topological polar surface area (TPSA) is 81.7 Å². The van der Waals surface area contributed by atoms with E-state index in [0.29, 0.717) is 29.9 Å². The van der Waals surface area contributed by atoms with E-state index in [1.54, 1.807) is 22.5 Å². The van der Waals surface area contributed by atoms with Crippen molar-refractivity contribution in [3.63, 3.8) is 0 Å². The Balaban J connectivity index is 1.69. The van der Waals surface area contributed by atoms with E-state index in [4.69, 9.17) is 16.8 Å². The van der Waals surface area contributed by atoms with Crippen molar-refractivity contribution < 1.29 is 19.2 Å². The largest absolute Gasteiger partial charge is 0.374 e. The minimum absolute atomic E-state index is 0.0283. The summed E-state index contributed by atoms with van der Waals surface area (Å²) in [7, 11) is 0. The summed E-state index contributed by atoms with van der Waals surface area (Å²) in [4.78, 5) is 25.4. The van der Waals surface area contributed by atoms with Gasteiger partial charge >= 0.3 is 0 Å². The molecule has 0 radical (unpaired) electrons. The predicted octanol–water partition coefficient (Wildman–Crippen LogP) is 2.82. The van der Waals surface area contributed by atoms with Gasteiger partial charge in [-0.1, -0.05) is 11.6 Å². The quantitative estimate of drug-likeness (QED) is 0.576. The van der Waals surface area contributed by atoms with E-state index in [1.807, 2.05) is 0 Å². The first kappa shape index (κ1) is 17.2. The summed E-state index contributed by atoms with van der Waals surface area (Å²) in [5.74, 6) is -1.28. The third kappa shape index (κ3) is 3.57. The van der Waals surface area contributed by atoms with E-state index in [0.717, 1.165) is 0 Å². The van der Waals surface area contributed by atoms with Crippen LogP contribution in [0.15, 0.2) is 42.5 Å². The Labute approximate surface area is 148 Å². The minimum Gasteiger partial charge on any atom is -0.374 e. The molecule has 1 aliphatic rings. The van der Waals surface area contributed by atoms with E-state index < -0.39 is 17.8 Å². The second kappa shape index (κ2) is 7.08. The highest BCUT2D eigenvalue weighted by molar-refractivity contribution is 6.31. The van der Waals surface area contributed by atoms with Crippen molar-refractivity contribution in [2.45, 2.75) is 12.5 Å². The van der Waals surface area contributed by atoms with E-state index in [1.165, 1.54) is 30.3 Å². The monoisotopic (exact) mass is 363 g/mol. The van der Waals surface area contributed by atoms with Gasteiger partial charge in [-0.25, -0.2) is 9.87 Å². The Bertz CT molecular complexity index is 813. The van der Waals surface area contributed by atoms with Crippen LogP contribution in [0.3, 0.4) is 0 Å². The van der Waals surface area contributed by atoms with Crippen LogP contribution in [-0.2, 0) is 4.79 Å². The van der Waals surface area contributed by atoms with Crippen molar-refractivity contribution in [3.05, 3.63) is 58.9 Å². The number of anilines is 2. The third-order valence-corrected chi connectivity index (χ3v) is 4.30. The Kier molecular flexibility index (Phi) is 4.87. The van der Waals surface area contributed by atoms with Gasteiger partial charge in [-0.15, -0.1) is 0 Å². The van der Waals surface area contributed by atoms with Crippen LogP contribution in [0, 0.1) is 5.82 Å². The van der Waals surface area contributed by atoms with E-state index in [-0.39, 0.29) is 10.9 Å². The molecule has 0 aliphatic carbocycles. The number of nitrogens with one attached hydrogen (secondary N) is 2. The van der Waals surface area contributed by atoms with Gasteiger partial charge < -0.3 is 10.2 Å². The highest BCUT2D eigenvalue weighted by atomic mass is 35.5. The molecule has 1 heterocycles. The van der Waals surface area contributed by atoms with Gasteiger partial charge in [0.2, 0.25) is 5.91 Å². The molecule has 1 fully saturated rings. The van der Waals surface area contributed by atoms with E-state index in [9.17, 15) is 14.0 Å². The maximum absolute atomic E-state index is 13.3. The fourth-order valence-electron chi connectivity index (χ4n) is 2.71. The molecule has 25 heavy (non-hydrogen) atoms. The molecule has 1 atom stereocenters. The predicted molar refractivity (Wildman–Crippen MR) is 91.5 cm³/mol. The Morgan fingerprint density at radius 1 is 1.24 bits per heavy atom. The van der Waals surface area contributed by atoms with Crippen LogP contribution in [0.5, 0.6) is 0 Å². The number of amides is 2. The summed E-state index contributed by atoms with van der Waals surface area (Å²) in [6.45, 7) is 0.490. The Morgan fingerprint density at radius 3 is 2.60 bits per heavy atom. The van der Waals surface area contributed by atoms with Crippen LogP contribution >= 0.6 is 11.6 Å². The molecular weight excluding hydrogens is 349 g/mol. The molecule has 6 nitrogen and oxygen atoms in total. The normalized spacial score (nSPS) is 16.8. The van der Waals surface area contributed by atoms with Crippen molar-refractivity contribution in [2.24, 2.45) is 0 Å². The Hall–Kier alpha value is -2.64. The Morgan fingerprint density at radius 2 is 1.96 bits per heavy atom. The van der Waals surface area contributed by atoms with Gasteiger partial charge in [-0.3, -0.25) is 14.8 Å². The summed E-state index contributed by atoms with van der Waals surface area (Å²) in [5, 5.41) is 11.7. The lowest BCUT2D eigenvalue weighted by Gasteiger charge is -2.18. The number of hydroxylamine groups is 1. The van der Waals surface area contributed by atoms with Gasteiger partial charge in [0.25, 0.3) is 5.91 Å². The number of rotatable bonds is 4. The lowest BCUT2D eigenvalue weighted by atomic mass is 10.1. The lowest BCUT2D eigenvalue weighted by Crippen LogP contribution is -2.33. The van der Waals surface area contributed by atoms with Crippen molar-refractivity contribution >= 4 is 34.8 Å². The average molecular weight is 364 g/mol. The van der Waals surface area contributed by atoms with Crippen LogP contribution in [-0.4, -0.2) is 29.6 Å². The second-order valence-corrected chi connectivity index (χ2v) is 6.00. The van der Waals surface area contributed by atoms with Gasteiger partial charge in [-0.05, 0) is 48.9 Å². The van der Waals surface area contributed by atoms with Crippen molar-refractivity contribution in [1.82, 2.24) is 5.48 Å². The number of hydrogen-bond donors (Lipinski definition) is 3. The molecule has 2 aromatic rings. The number of nitrogens with zero attached hydrogens (tertiary/aromatic N) is 1. The second-order valence-electron chi connectivity index (χ2n) is 5.59. The minimum atomic E-state index is -0.608. The number of halogens is 2. The number of carbonyl (C=O) groups excluding carboxylic acids is 2. The van der Waals surface area contributed by atoms with Gasteiger partial charge in [0.1, 0.15) is 11.9 Å². The van der Waals surface area contributed by atoms with E-state index in [2.05, 4.69) is 5.32 Å². The molecule has 0 saturated carbocycles. The lowest BCUT2D eigenvalue weighted by molar-refractivity contribution is -0.117. The molecule has 1 aliphatic heterocycles. The number of hydrogen-bond acceptors (Lipinski definition) is 4. The zero-order valence-electron chi connectivity index (χ0n) is 13.0. The first-order valence-corrected chi connectivity index (χ1v) is 7.95.